The van der Waals surface area contributed by atoms with E-state index in [-0.39, 0.29) is 29.0 Å². The van der Waals surface area contributed by atoms with Crippen molar-refractivity contribution in [1.82, 2.24) is 9.88 Å². The van der Waals surface area contributed by atoms with Gasteiger partial charge in [0, 0.05) is 19.2 Å². The fourth-order valence-electron chi connectivity index (χ4n) is 2.30. The van der Waals surface area contributed by atoms with Gasteiger partial charge < -0.3 is 14.4 Å². The molecule has 1 saturated carbocycles. The molecule has 1 aliphatic carbocycles. The maximum absolute atomic E-state index is 12.8. The van der Waals surface area contributed by atoms with Crippen LogP contribution in [-0.4, -0.2) is 48.1 Å². The van der Waals surface area contributed by atoms with Crippen LogP contribution in [0.5, 0.6) is 5.88 Å². The molecule has 1 fully saturated rings. The van der Waals surface area contributed by atoms with E-state index in [9.17, 15) is 9.59 Å². The Morgan fingerprint density at radius 3 is 2.67 bits per heavy atom. The number of aromatic nitrogens is 1. The second kappa shape index (κ2) is 8.87. The molecule has 1 heterocycles. The highest BCUT2D eigenvalue weighted by molar-refractivity contribution is 6.33. The Balaban J connectivity index is 2.11. The van der Waals surface area contributed by atoms with E-state index in [2.05, 4.69) is 4.98 Å². The molecule has 0 saturated heterocycles. The molecule has 1 aromatic heterocycles. The Kier molecular flexibility index (Phi) is 6.85. The third-order valence-corrected chi connectivity index (χ3v) is 3.97. The van der Waals surface area contributed by atoms with Crippen molar-refractivity contribution < 1.29 is 19.1 Å². The number of halogens is 1. The average Bonchev–Trinajstić information content (AvgIpc) is 3.37. The van der Waals surface area contributed by atoms with Crippen LogP contribution in [0.1, 0.15) is 43.6 Å². The highest BCUT2D eigenvalue weighted by Crippen LogP contribution is 2.30. The standard InChI is InChI=1S/C17H23ClN2O4/c1-3-23-14-8-7-13(18)16(19-14)17(22)20(11-12-5-6-12)10-9-15(21)24-4-2/h7-8,12H,3-6,9-11H2,1-2H3. The van der Waals surface area contributed by atoms with Crippen molar-refractivity contribution in [3.63, 3.8) is 0 Å². The van der Waals surface area contributed by atoms with Gasteiger partial charge in [0.2, 0.25) is 5.88 Å². The molecular weight excluding hydrogens is 332 g/mol. The van der Waals surface area contributed by atoms with E-state index in [1.807, 2.05) is 6.92 Å². The summed E-state index contributed by atoms with van der Waals surface area (Å²) >= 11 is 6.14. The van der Waals surface area contributed by atoms with Gasteiger partial charge in [-0.1, -0.05) is 11.6 Å². The first kappa shape index (κ1) is 18.5. The van der Waals surface area contributed by atoms with Crippen molar-refractivity contribution in [2.75, 3.05) is 26.3 Å². The third-order valence-electron chi connectivity index (χ3n) is 3.67. The van der Waals surface area contributed by atoms with E-state index < -0.39 is 0 Å². The Morgan fingerprint density at radius 2 is 2.04 bits per heavy atom. The summed E-state index contributed by atoms with van der Waals surface area (Å²) in [4.78, 5) is 30.3. The van der Waals surface area contributed by atoms with Gasteiger partial charge >= 0.3 is 5.97 Å². The monoisotopic (exact) mass is 354 g/mol. The molecule has 0 N–H and O–H groups in total. The van der Waals surface area contributed by atoms with Crippen molar-refractivity contribution in [2.24, 2.45) is 5.92 Å². The van der Waals surface area contributed by atoms with Crippen LogP contribution in [0, 0.1) is 5.92 Å². The quantitative estimate of drug-likeness (QED) is 0.638. The Bertz CT molecular complexity index is 590. The lowest BCUT2D eigenvalue weighted by atomic mass is 10.2. The molecule has 132 valence electrons. The Hall–Kier alpha value is -1.82. The summed E-state index contributed by atoms with van der Waals surface area (Å²) in [7, 11) is 0. The third kappa shape index (κ3) is 5.37. The number of rotatable bonds is 9. The smallest absolute Gasteiger partial charge is 0.307 e. The molecule has 1 aromatic rings. The number of carbonyl (C=O) groups is 2. The van der Waals surface area contributed by atoms with Gasteiger partial charge in [-0.2, -0.15) is 0 Å². The highest BCUT2D eigenvalue weighted by atomic mass is 35.5. The molecule has 0 aromatic carbocycles. The van der Waals surface area contributed by atoms with E-state index in [0.717, 1.165) is 12.8 Å². The van der Waals surface area contributed by atoms with Crippen molar-refractivity contribution >= 4 is 23.5 Å². The Labute approximate surface area is 147 Å². The van der Waals surface area contributed by atoms with E-state index >= 15 is 0 Å². The molecule has 0 atom stereocenters. The molecule has 0 spiro atoms. The molecule has 0 unspecified atom stereocenters. The fraction of sp³-hybridized carbons (Fsp3) is 0.588. The molecule has 0 bridgehead atoms. The van der Waals surface area contributed by atoms with Crippen molar-refractivity contribution in [2.45, 2.75) is 33.1 Å². The first-order valence-corrected chi connectivity index (χ1v) is 8.67. The summed E-state index contributed by atoms with van der Waals surface area (Å²) in [5.41, 5.74) is 0.159. The lowest BCUT2D eigenvalue weighted by Gasteiger charge is -2.22. The minimum atomic E-state index is -0.312. The van der Waals surface area contributed by atoms with Crippen LogP contribution >= 0.6 is 11.6 Å². The normalized spacial score (nSPS) is 13.5. The number of esters is 1. The number of nitrogens with zero attached hydrogens (tertiary/aromatic N) is 2. The van der Waals surface area contributed by atoms with Crippen molar-refractivity contribution in [1.29, 1.82) is 0 Å². The second-order valence-corrected chi connectivity index (χ2v) is 6.07. The lowest BCUT2D eigenvalue weighted by Crippen LogP contribution is -2.35. The molecule has 6 nitrogen and oxygen atoms in total. The SMILES string of the molecule is CCOC(=O)CCN(CC1CC1)C(=O)c1nc(OCC)ccc1Cl. The topological polar surface area (TPSA) is 68.7 Å². The first-order valence-electron chi connectivity index (χ1n) is 8.29. The summed E-state index contributed by atoms with van der Waals surface area (Å²) in [6, 6.07) is 3.24. The molecular formula is C17H23ClN2O4. The number of amides is 1. The van der Waals surface area contributed by atoms with Gasteiger partial charge in [-0.3, -0.25) is 9.59 Å². The van der Waals surface area contributed by atoms with E-state index in [0.29, 0.717) is 38.1 Å². The van der Waals surface area contributed by atoms with E-state index in [1.165, 1.54) is 0 Å². The summed E-state index contributed by atoms with van der Waals surface area (Å²) < 4.78 is 10.3. The van der Waals surface area contributed by atoms with Gasteiger partial charge in [0.25, 0.3) is 5.91 Å². The molecule has 2 rings (SSSR count). The second-order valence-electron chi connectivity index (χ2n) is 5.66. The molecule has 0 radical (unpaired) electrons. The molecule has 7 heteroatoms. The first-order chi connectivity index (χ1) is 11.5. The molecule has 24 heavy (non-hydrogen) atoms. The van der Waals surface area contributed by atoms with Gasteiger partial charge in [0.05, 0.1) is 24.7 Å². The predicted octanol–water partition coefficient (Wildman–Crippen LogP) is 2.94. The van der Waals surface area contributed by atoms with Gasteiger partial charge in [-0.15, -0.1) is 0 Å². The van der Waals surface area contributed by atoms with Crippen LogP contribution in [0.3, 0.4) is 0 Å². The van der Waals surface area contributed by atoms with E-state index in [4.69, 9.17) is 21.1 Å². The van der Waals surface area contributed by atoms with Crippen molar-refractivity contribution in [3.8, 4) is 5.88 Å². The molecule has 1 aliphatic rings. The number of carbonyl (C=O) groups excluding carboxylic acids is 2. The number of hydrogen-bond donors (Lipinski definition) is 0. The van der Waals surface area contributed by atoms with Gasteiger partial charge in [0.1, 0.15) is 0 Å². The average molecular weight is 355 g/mol. The maximum atomic E-state index is 12.8. The summed E-state index contributed by atoms with van der Waals surface area (Å²) in [5.74, 6) is 0.262. The minimum Gasteiger partial charge on any atom is -0.478 e. The van der Waals surface area contributed by atoms with Crippen LogP contribution < -0.4 is 4.74 Å². The zero-order chi connectivity index (χ0) is 17.5. The van der Waals surface area contributed by atoms with Crippen LogP contribution in [0.2, 0.25) is 5.02 Å². The number of hydrogen-bond acceptors (Lipinski definition) is 5. The minimum absolute atomic E-state index is 0.159. The molecule has 0 aliphatic heterocycles. The van der Waals surface area contributed by atoms with Crippen LogP contribution in [0.15, 0.2) is 12.1 Å². The lowest BCUT2D eigenvalue weighted by molar-refractivity contribution is -0.143. The van der Waals surface area contributed by atoms with Crippen LogP contribution in [-0.2, 0) is 9.53 Å². The van der Waals surface area contributed by atoms with Gasteiger partial charge in [-0.25, -0.2) is 4.98 Å². The summed E-state index contributed by atoms with van der Waals surface area (Å²) in [6.45, 7) is 5.29. The van der Waals surface area contributed by atoms with Crippen LogP contribution in [0.25, 0.3) is 0 Å². The predicted molar refractivity (Wildman–Crippen MR) is 90.3 cm³/mol. The number of ether oxygens (including phenoxy) is 2. The van der Waals surface area contributed by atoms with Crippen molar-refractivity contribution in [3.05, 3.63) is 22.8 Å². The maximum Gasteiger partial charge on any atom is 0.307 e. The summed E-state index contributed by atoms with van der Waals surface area (Å²) in [5, 5.41) is 0.278. The molecule has 1 amide bonds. The Morgan fingerprint density at radius 1 is 1.29 bits per heavy atom. The highest BCUT2D eigenvalue weighted by Gasteiger charge is 2.29. The zero-order valence-electron chi connectivity index (χ0n) is 14.1. The summed E-state index contributed by atoms with van der Waals surface area (Å²) in [6.07, 6.45) is 2.36. The van der Waals surface area contributed by atoms with E-state index in [1.54, 1.807) is 24.0 Å². The van der Waals surface area contributed by atoms with Gasteiger partial charge in [-0.05, 0) is 38.7 Å². The van der Waals surface area contributed by atoms with Crippen LogP contribution in [0.4, 0.5) is 0 Å². The number of pyridine rings is 1. The van der Waals surface area contributed by atoms with Gasteiger partial charge in [0.15, 0.2) is 5.69 Å². The zero-order valence-corrected chi connectivity index (χ0v) is 14.8. The fourth-order valence-corrected chi connectivity index (χ4v) is 2.49. The largest absolute Gasteiger partial charge is 0.478 e.